The minimum Gasteiger partial charge on any atom is -0.365 e. The molecule has 0 N–H and O–H groups in total. The number of ether oxygens (including phenoxy) is 1. The Morgan fingerprint density at radius 2 is 1.69 bits per heavy atom. The van der Waals surface area contributed by atoms with Crippen molar-refractivity contribution in [2.24, 2.45) is 5.41 Å². The second-order valence-corrected chi connectivity index (χ2v) is 10.9. The molecule has 0 aromatic heterocycles. The number of sulfone groups is 1. The third-order valence-electron chi connectivity index (χ3n) is 3.69. The van der Waals surface area contributed by atoms with E-state index in [1.807, 2.05) is 30.3 Å². The summed E-state index contributed by atoms with van der Waals surface area (Å²) in [5.74, 6) is -0.622. The Bertz CT molecular complexity index is 769. The van der Waals surface area contributed by atoms with Gasteiger partial charge in [0.05, 0.1) is 24.7 Å². The van der Waals surface area contributed by atoms with Crippen molar-refractivity contribution in [1.82, 2.24) is 0 Å². The first-order chi connectivity index (χ1) is 12.0. The lowest BCUT2D eigenvalue weighted by molar-refractivity contribution is -0.129. The van der Waals surface area contributed by atoms with Crippen LogP contribution in [0.15, 0.2) is 30.3 Å². The summed E-state index contributed by atoms with van der Waals surface area (Å²) < 4.78 is 56.5. The number of carbonyl (C=O) groups is 1. The molecule has 0 amide bonds. The number of aldehydes is 1. The molecule has 26 heavy (non-hydrogen) atoms. The average Bonchev–Trinajstić information content (AvgIpc) is 2.53. The first-order valence-corrected chi connectivity index (χ1v) is 11.7. The van der Waals surface area contributed by atoms with E-state index in [4.69, 9.17) is 8.92 Å². The van der Waals surface area contributed by atoms with E-state index in [-0.39, 0.29) is 25.4 Å². The highest BCUT2D eigenvalue weighted by Crippen LogP contribution is 2.24. The van der Waals surface area contributed by atoms with Gasteiger partial charge in [0.2, 0.25) is 0 Å². The molecule has 1 rings (SSSR count). The summed E-state index contributed by atoms with van der Waals surface area (Å²) in [6, 6.07) is 9.29. The normalized spacial score (nSPS) is 14.1. The van der Waals surface area contributed by atoms with Gasteiger partial charge in [-0.15, -0.1) is 0 Å². The summed E-state index contributed by atoms with van der Waals surface area (Å²) in [5, 5.41) is 0. The van der Waals surface area contributed by atoms with Gasteiger partial charge >= 0.3 is 0 Å². The topological polar surface area (TPSA) is 104 Å². The van der Waals surface area contributed by atoms with Gasteiger partial charge in [-0.2, -0.15) is 8.42 Å². The van der Waals surface area contributed by atoms with E-state index >= 15 is 0 Å². The quantitative estimate of drug-likeness (QED) is 0.383. The molecule has 0 saturated carbocycles. The van der Waals surface area contributed by atoms with Crippen molar-refractivity contribution in [2.75, 3.05) is 24.4 Å². The largest absolute Gasteiger partial charge is 0.365 e. The zero-order valence-corrected chi connectivity index (χ0v) is 16.9. The maximum absolute atomic E-state index is 11.9. The molecule has 0 aliphatic carbocycles. The van der Waals surface area contributed by atoms with Crippen molar-refractivity contribution in [3.05, 3.63) is 35.9 Å². The maximum atomic E-state index is 11.9. The van der Waals surface area contributed by atoms with Crippen molar-refractivity contribution in [2.45, 2.75) is 33.0 Å². The summed E-state index contributed by atoms with van der Waals surface area (Å²) >= 11 is 0. The van der Waals surface area contributed by atoms with Gasteiger partial charge in [-0.3, -0.25) is 4.18 Å². The van der Waals surface area contributed by atoms with Crippen LogP contribution in [-0.4, -0.2) is 53.6 Å². The fourth-order valence-corrected chi connectivity index (χ4v) is 4.04. The molecule has 0 aliphatic rings. The smallest absolute Gasteiger partial charge is 0.267 e. The Hall–Kier alpha value is -1.29. The Balaban J connectivity index is 2.57. The summed E-state index contributed by atoms with van der Waals surface area (Å²) in [6.45, 7) is 3.31. The van der Waals surface area contributed by atoms with E-state index in [1.165, 1.54) is 0 Å². The summed E-state index contributed by atoms with van der Waals surface area (Å²) in [5.41, 5.74) is 0.0185. The summed E-state index contributed by atoms with van der Waals surface area (Å²) in [6.07, 6.45) is 0.780. The first kappa shape index (κ1) is 22.8. The number of carbonyl (C=O) groups excluding carboxylic acids is 1. The predicted molar refractivity (Wildman–Crippen MR) is 98.9 cm³/mol. The lowest BCUT2D eigenvalue weighted by Crippen LogP contribution is -2.38. The average molecular weight is 407 g/mol. The number of hydrogen-bond acceptors (Lipinski definition) is 7. The molecule has 148 valence electrons. The number of benzene rings is 1. The van der Waals surface area contributed by atoms with Crippen LogP contribution in [0.3, 0.4) is 0 Å². The van der Waals surface area contributed by atoms with E-state index in [1.54, 1.807) is 13.8 Å². The highest BCUT2D eigenvalue weighted by molar-refractivity contribution is 7.90. The second kappa shape index (κ2) is 9.59. The Kier molecular flexibility index (Phi) is 8.39. The molecule has 1 aromatic carbocycles. The zero-order chi connectivity index (χ0) is 19.8. The third-order valence-corrected chi connectivity index (χ3v) is 5.98. The summed E-state index contributed by atoms with van der Waals surface area (Å²) in [7, 11) is -7.11. The second-order valence-electron chi connectivity index (χ2n) is 6.85. The maximum Gasteiger partial charge on any atom is 0.267 e. The van der Waals surface area contributed by atoms with Crippen LogP contribution in [0.1, 0.15) is 25.8 Å². The van der Waals surface area contributed by atoms with Crippen LogP contribution < -0.4 is 0 Å². The van der Waals surface area contributed by atoms with Crippen molar-refractivity contribution in [1.29, 1.82) is 0 Å². The lowest BCUT2D eigenvalue weighted by Gasteiger charge is -2.30. The van der Waals surface area contributed by atoms with Crippen molar-refractivity contribution < 1.29 is 30.6 Å². The molecule has 0 aliphatic heterocycles. The molecule has 0 heterocycles. The van der Waals surface area contributed by atoms with Crippen molar-refractivity contribution in [3.63, 3.8) is 0 Å². The molecule has 0 saturated heterocycles. The van der Waals surface area contributed by atoms with E-state index in [0.717, 1.165) is 11.8 Å². The van der Waals surface area contributed by atoms with Crippen molar-refractivity contribution in [3.8, 4) is 0 Å². The van der Waals surface area contributed by atoms with Gasteiger partial charge in [0.25, 0.3) is 10.1 Å². The summed E-state index contributed by atoms with van der Waals surface area (Å²) in [4.78, 5) is 11.4. The number of hydrogen-bond donors (Lipinski definition) is 0. The molecular weight excluding hydrogens is 380 g/mol. The van der Waals surface area contributed by atoms with Crippen molar-refractivity contribution >= 4 is 26.2 Å². The van der Waals surface area contributed by atoms with Gasteiger partial charge in [0, 0.05) is 11.7 Å². The molecule has 9 heteroatoms. The molecule has 0 spiro atoms. The SMILES string of the molecule is CC(C)(COS(=O)(=O)CCCS(C)(=O)=O)C(C=O)OCc1ccccc1. The van der Waals surface area contributed by atoms with Crippen LogP contribution in [0, 0.1) is 5.41 Å². The highest BCUT2D eigenvalue weighted by Gasteiger charge is 2.32. The third kappa shape index (κ3) is 8.88. The molecule has 0 radical (unpaired) electrons. The van der Waals surface area contributed by atoms with E-state index in [2.05, 4.69) is 0 Å². The van der Waals surface area contributed by atoms with Gasteiger partial charge in [-0.05, 0) is 12.0 Å². The van der Waals surface area contributed by atoms with Crippen LogP contribution in [0.2, 0.25) is 0 Å². The van der Waals surface area contributed by atoms with Gasteiger partial charge in [0.1, 0.15) is 22.2 Å². The minimum atomic E-state index is -3.88. The molecule has 0 bridgehead atoms. The molecule has 1 aromatic rings. The Morgan fingerprint density at radius 3 is 2.23 bits per heavy atom. The highest BCUT2D eigenvalue weighted by atomic mass is 32.2. The number of rotatable bonds is 12. The molecule has 0 fully saturated rings. The zero-order valence-electron chi connectivity index (χ0n) is 15.3. The van der Waals surface area contributed by atoms with Gasteiger partial charge in [-0.1, -0.05) is 44.2 Å². The predicted octanol–water partition coefficient (Wildman–Crippen LogP) is 1.58. The van der Waals surface area contributed by atoms with Crippen LogP contribution >= 0.6 is 0 Å². The van der Waals surface area contributed by atoms with E-state index < -0.39 is 37.2 Å². The van der Waals surface area contributed by atoms with E-state index in [0.29, 0.717) is 6.29 Å². The molecule has 1 unspecified atom stereocenters. The fourth-order valence-electron chi connectivity index (χ4n) is 2.09. The molecule has 1 atom stereocenters. The van der Waals surface area contributed by atoms with Crippen LogP contribution in [0.4, 0.5) is 0 Å². The Labute approximate surface area is 155 Å². The minimum absolute atomic E-state index is 0.0385. The van der Waals surface area contributed by atoms with Crippen LogP contribution in [0.5, 0.6) is 0 Å². The fraction of sp³-hybridized carbons (Fsp3) is 0.588. The van der Waals surface area contributed by atoms with Crippen LogP contribution in [0.25, 0.3) is 0 Å². The first-order valence-electron chi connectivity index (χ1n) is 8.11. The molecule has 7 nitrogen and oxygen atoms in total. The van der Waals surface area contributed by atoms with Gasteiger partial charge in [-0.25, -0.2) is 8.42 Å². The van der Waals surface area contributed by atoms with Gasteiger partial charge < -0.3 is 9.53 Å². The standard InChI is InChI=1S/C17H26O7S2/c1-17(2,14-24-26(21,22)11-7-10-25(3,19)20)16(12-18)23-13-15-8-5-4-6-9-15/h4-6,8-9,12,16H,7,10-11,13-14H2,1-3H3. The Morgan fingerprint density at radius 1 is 1.08 bits per heavy atom. The lowest BCUT2D eigenvalue weighted by atomic mass is 9.88. The van der Waals surface area contributed by atoms with Gasteiger partial charge in [0.15, 0.2) is 0 Å². The van der Waals surface area contributed by atoms with E-state index in [9.17, 15) is 21.6 Å². The monoisotopic (exact) mass is 406 g/mol. The molecular formula is C17H26O7S2. The van der Waals surface area contributed by atoms with Crippen LogP contribution in [-0.2, 0) is 40.3 Å².